The van der Waals surface area contributed by atoms with Gasteiger partial charge >= 0.3 is 5.97 Å². The SMILES string of the molecule is CO[C@H]1C[C@@H]2CC[C@@H](C)[C@@](O)(O2)C(=O)C(=O)N2CCCC[C@H]2C(=O)O[C@H]([C@H](C)C[C@@H]2CC[C@@H](OCCO)[C@H](OC)C2)CC(=O)[C@H](C)/C=C(/C)[C@@H](O)[C@@H](OC)C(=O)[C@H](C)C[C@H](C)/C=C/C=C\C=C1C. The molecule has 0 unspecified atom stereocenters. The molecule has 2 saturated heterocycles. The normalized spacial score (nSPS) is 38.4. The molecule has 4 aliphatic rings. The Morgan fingerprint density at radius 2 is 1.59 bits per heavy atom. The molecule has 0 aromatic heterocycles. The lowest BCUT2D eigenvalue weighted by molar-refractivity contribution is -0.265. The van der Waals surface area contributed by atoms with Crippen molar-refractivity contribution in [1.29, 1.82) is 0 Å². The third-order valence-corrected chi connectivity index (χ3v) is 14.9. The molecule has 15 nitrogen and oxygen atoms in total. The Hall–Kier alpha value is -3.41. The highest BCUT2D eigenvalue weighted by Crippen LogP contribution is 2.38. The summed E-state index contributed by atoms with van der Waals surface area (Å²) >= 11 is 0. The minimum Gasteiger partial charge on any atom is -0.460 e. The Balaban J connectivity index is 1.70. The number of ketones is 3. The Morgan fingerprint density at radius 1 is 0.853 bits per heavy atom. The Morgan fingerprint density at radius 3 is 2.26 bits per heavy atom. The summed E-state index contributed by atoms with van der Waals surface area (Å²) in [5.41, 5.74) is 1.26. The van der Waals surface area contributed by atoms with Crippen molar-refractivity contribution in [1.82, 2.24) is 4.90 Å². The molecule has 4 rings (SSSR count). The van der Waals surface area contributed by atoms with E-state index in [0.29, 0.717) is 63.4 Å². The largest absolute Gasteiger partial charge is 0.460 e. The van der Waals surface area contributed by atoms with E-state index in [-0.39, 0.29) is 74.1 Å². The number of rotatable bonds is 9. The van der Waals surface area contributed by atoms with E-state index >= 15 is 0 Å². The number of nitrogens with zero attached hydrogens (tertiary/aromatic N) is 1. The molecular formula is C53H83NO14. The van der Waals surface area contributed by atoms with Gasteiger partial charge < -0.3 is 48.6 Å². The number of piperidine rings is 1. The van der Waals surface area contributed by atoms with Crippen LogP contribution >= 0.6 is 0 Å². The molecule has 3 aliphatic heterocycles. The van der Waals surface area contributed by atoms with Crippen LogP contribution < -0.4 is 0 Å². The summed E-state index contributed by atoms with van der Waals surface area (Å²) in [5, 5.41) is 32.8. The summed E-state index contributed by atoms with van der Waals surface area (Å²) in [6.45, 7) is 12.9. The van der Waals surface area contributed by atoms with Gasteiger partial charge in [0, 0.05) is 58.5 Å². The van der Waals surface area contributed by atoms with Crippen molar-refractivity contribution in [2.24, 2.45) is 35.5 Å². The number of carbonyl (C=O) groups excluding carboxylic acids is 5. The predicted molar refractivity (Wildman–Crippen MR) is 256 cm³/mol. The van der Waals surface area contributed by atoms with Gasteiger partial charge in [-0.05, 0) is 107 Å². The number of hydrogen-bond donors (Lipinski definition) is 3. The van der Waals surface area contributed by atoms with Crippen LogP contribution in [-0.2, 0) is 52.4 Å². The minimum absolute atomic E-state index is 0.0158. The molecule has 0 aromatic carbocycles. The van der Waals surface area contributed by atoms with Crippen molar-refractivity contribution in [3.63, 3.8) is 0 Å². The van der Waals surface area contributed by atoms with Gasteiger partial charge in [0.2, 0.25) is 5.79 Å². The second kappa shape index (κ2) is 27.3. The van der Waals surface area contributed by atoms with Crippen molar-refractivity contribution in [2.45, 2.75) is 180 Å². The lowest BCUT2D eigenvalue weighted by Crippen LogP contribution is -2.61. The fourth-order valence-electron chi connectivity index (χ4n) is 10.5. The maximum Gasteiger partial charge on any atom is 0.329 e. The number of allylic oxidation sites excluding steroid dienone is 6. The van der Waals surface area contributed by atoms with Gasteiger partial charge in [0.25, 0.3) is 11.7 Å². The second-order valence-corrected chi connectivity index (χ2v) is 20.2. The van der Waals surface area contributed by atoms with E-state index in [1.165, 1.54) is 12.0 Å². The van der Waals surface area contributed by atoms with E-state index in [1.807, 2.05) is 58.1 Å². The van der Waals surface area contributed by atoms with Crippen LogP contribution in [0.3, 0.4) is 0 Å². The van der Waals surface area contributed by atoms with Gasteiger partial charge in [-0.25, -0.2) is 4.79 Å². The summed E-state index contributed by atoms with van der Waals surface area (Å²) in [5.74, 6) is -7.96. The Labute approximate surface area is 405 Å². The molecule has 3 heterocycles. The van der Waals surface area contributed by atoms with Gasteiger partial charge in [-0.15, -0.1) is 0 Å². The summed E-state index contributed by atoms with van der Waals surface area (Å²) in [4.78, 5) is 72.1. The van der Waals surface area contributed by atoms with Gasteiger partial charge in [0.05, 0.1) is 37.6 Å². The third kappa shape index (κ3) is 15.3. The molecule has 0 aromatic rings. The molecule has 2 bridgehead atoms. The number of cyclic esters (lactones) is 1. The molecule has 1 aliphatic carbocycles. The summed E-state index contributed by atoms with van der Waals surface area (Å²) in [7, 11) is 4.58. The lowest BCUT2D eigenvalue weighted by Gasteiger charge is -2.42. The number of carbonyl (C=O) groups is 5. The zero-order chi connectivity index (χ0) is 50.3. The van der Waals surface area contributed by atoms with Gasteiger partial charge in [0.15, 0.2) is 5.78 Å². The van der Waals surface area contributed by atoms with Crippen LogP contribution in [0.15, 0.2) is 47.6 Å². The number of esters is 1. The number of aliphatic hydroxyl groups is 3. The number of aliphatic hydroxyl groups excluding tert-OH is 2. The van der Waals surface area contributed by atoms with Crippen LogP contribution in [0.25, 0.3) is 0 Å². The van der Waals surface area contributed by atoms with E-state index in [4.69, 9.17) is 28.4 Å². The third-order valence-electron chi connectivity index (χ3n) is 14.9. The first-order chi connectivity index (χ1) is 32.3. The summed E-state index contributed by atoms with van der Waals surface area (Å²) in [6, 6.07) is -1.14. The number of ether oxygens (including phenoxy) is 6. The molecule has 1 saturated carbocycles. The van der Waals surface area contributed by atoms with Gasteiger partial charge in [-0.1, -0.05) is 71.1 Å². The highest BCUT2D eigenvalue weighted by Gasteiger charge is 2.53. The van der Waals surface area contributed by atoms with Gasteiger partial charge in [-0.2, -0.15) is 0 Å². The highest BCUT2D eigenvalue weighted by atomic mass is 16.6. The quantitative estimate of drug-likeness (QED) is 0.134. The van der Waals surface area contributed by atoms with Gasteiger partial charge in [-0.3, -0.25) is 19.2 Å². The van der Waals surface area contributed by atoms with Crippen LogP contribution in [0.2, 0.25) is 0 Å². The molecule has 1 amide bonds. The van der Waals surface area contributed by atoms with Crippen molar-refractivity contribution in [3.8, 4) is 0 Å². The van der Waals surface area contributed by atoms with Crippen molar-refractivity contribution >= 4 is 29.2 Å². The Kier molecular flexibility index (Phi) is 22.9. The fourth-order valence-corrected chi connectivity index (χ4v) is 10.5. The first kappa shape index (κ1) is 57.2. The first-order valence-corrected chi connectivity index (χ1v) is 25.0. The van der Waals surface area contributed by atoms with E-state index in [1.54, 1.807) is 41.1 Å². The van der Waals surface area contributed by atoms with Crippen LogP contribution in [0.5, 0.6) is 0 Å². The molecule has 15 heteroatoms. The monoisotopic (exact) mass is 958 g/mol. The average molecular weight is 958 g/mol. The highest BCUT2D eigenvalue weighted by molar-refractivity contribution is 6.39. The molecule has 0 radical (unpaired) electrons. The topological polar surface area (TPSA) is 205 Å². The van der Waals surface area contributed by atoms with E-state index in [0.717, 1.165) is 12.0 Å². The number of fused-ring (bicyclic) bond motifs is 3. The summed E-state index contributed by atoms with van der Waals surface area (Å²) < 4.78 is 35.6. The average Bonchev–Trinajstić information content (AvgIpc) is 3.32. The molecule has 384 valence electrons. The molecule has 3 N–H and O–H groups in total. The van der Waals surface area contributed by atoms with Crippen LogP contribution in [0.4, 0.5) is 0 Å². The molecule has 68 heavy (non-hydrogen) atoms. The molecule has 15 atom stereocenters. The van der Waals surface area contributed by atoms with E-state index in [2.05, 4.69) is 0 Å². The first-order valence-electron chi connectivity index (χ1n) is 25.0. The lowest BCUT2D eigenvalue weighted by atomic mass is 9.78. The smallest absolute Gasteiger partial charge is 0.329 e. The molecule has 3 fully saturated rings. The number of hydrogen-bond acceptors (Lipinski definition) is 14. The van der Waals surface area contributed by atoms with Crippen molar-refractivity contribution in [3.05, 3.63) is 47.6 Å². The number of amides is 1. The summed E-state index contributed by atoms with van der Waals surface area (Å²) in [6.07, 6.45) is 12.0. The van der Waals surface area contributed by atoms with Crippen molar-refractivity contribution < 1.29 is 67.7 Å². The Bertz CT molecular complexity index is 1810. The fraction of sp³-hybridized carbons (Fsp3) is 0.755. The van der Waals surface area contributed by atoms with Crippen molar-refractivity contribution in [2.75, 3.05) is 41.1 Å². The van der Waals surface area contributed by atoms with Crippen LogP contribution in [-0.4, -0.2) is 145 Å². The minimum atomic E-state index is -2.43. The molecular weight excluding hydrogens is 875 g/mol. The standard InChI is InChI=1S/C53H83NO14/c1-32-16-12-11-13-17-33(2)44(63-8)30-40-21-19-38(7)53(62,68-40)50(59)51(60)54-23-15-14-18-41(54)52(61)67-45(35(4)28-39-20-22-43(66-25-24-55)46(29-39)64-9)31-42(56)34(3)27-37(6)48(58)49(65-10)47(57)36(5)26-32/h11-13,16-17,27,32,34-36,38-41,43-46,48-49,55,58,62H,14-15,18-26,28-31H2,1-10H3/b13-11-,16-12+,33-17?,37-27-/t32-,34-,35-,36-,38-,39+,40+,41+,43-,44+,45+,46-,48-,49+,53-/m1/s1. The predicted octanol–water partition coefficient (Wildman–Crippen LogP) is 6.20. The maximum absolute atomic E-state index is 14.5. The molecule has 0 spiro atoms. The number of methoxy groups -OCH3 is 3. The van der Waals surface area contributed by atoms with Gasteiger partial charge in [0.1, 0.15) is 30.1 Å². The maximum atomic E-state index is 14.5. The van der Waals surface area contributed by atoms with E-state index in [9.17, 15) is 39.3 Å². The number of Topliss-reactive ketones (excluding diaryl/α,β-unsaturated/α-hetero) is 3. The van der Waals surface area contributed by atoms with Crippen LogP contribution in [0.1, 0.15) is 126 Å². The van der Waals surface area contributed by atoms with Crippen LogP contribution in [0, 0.1) is 35.5 Å². The zero-order valence-corrected chi connectivity index (χ0v) is 42.4. The second-order valence-electron chi connectivity index (χ2n) is 20.2. The van der Waals surface area contributed by atoms with E-state index < -0.39 is 77.8 Å². The zero-order valence-electron chi connectivity index (χ0n) is 42.4.